The van der Waals surface area contributed by atoms with Crippen molar-refractivity contribution in [3.63, 3.8) is 0 Å². The lowest BCUT2D eigenvalue weighted by Gasteiger charge is -2.20. The molecule has 1 saturated carbocycles. The van der Waals surface area contributed by atoms with Crippen molar-refractivity contribution in [1.29, 1.82) is 5.26 Å². The van der Waals surface area contributed by atoms with Crippen LogP contribution in [0.25, 0.3) is 16.9 Å². The Labute approximate surface area is 164 Å². The highest BCUT2D eigenvalue weighted by Gasteiger charge is 2.50. The number of amides is 1. The number of halogens is 3. The number of aromatic nitrogens is 3. The van der Waals surface area contributed by atoms with Gasteiger partial charge in [0.1, 0.15) is 12.4 Å². The number of carbonyl (C=O) groups excluding carboxylic acids is 1. The fourth-order valence-electron chi connectivity index (χ4n) is 3.33. The molecule has 0 bridgehead atoms. The van der Waals surface area contributed by atoms with Crippen LogP contribution in [0.2, 0.25) is 0 Å². The molecule has 2 aromatic heterocycles. The Balaban J connectivity index is 1.75. The van der Waals surface area contributed by atoms with E-state index in [2.05, 4.69) is 21.4 Å². The highest BCUT2D eigenvalue weighted by atomic mass is 19.4. The lowest BCUT2D eigenvalue weighted by Crippen LogP contribution is -2.47. The first-order valence-corrected chi connectivity index (χ1v) is 9.01. The van der Waals surface area contributed by atoms with E-state index in [9.17, 15) is 23.2 Å². The van der Waals surface area contributed by atoms with Crippen LogP contribution in [0.5, 0.6) is 0 Å². The minimum atomic E-state index is -4.52. The van der Waals surface area contributed by atoms with E-state index < -0.39 is 24.0 Å². The highest BCUT2D eigenvalue weighted by molar-refractivity contribution is 5.98. The Hall–Kier alpha value is -3.41. The molecule has 1 unspecified atom stereocenters. The van der Waals surface area contributed by atoms with Crippen LogP contribution in [0.3, 0.4) is 0 Å². The average Bonchev–Trinajstić information content (AvgIpc) is 3.42. The molecule has 1 atom stereocenters. The summed E-state index contributed by atoms with van der Waals surface area (Å²) >= 11 is 0. The van der Waals surface area contributed by atoms with E-state index in [4.69, 9.17) is 0 Å². The molecule has 0 saturated heterocycles. The molecule has 29 heavy (non-hydrogen) atoms. The maximum absolute atomic E-state index is 13.3. The molecule has 148 valence electrons. The fraction of sp³-hybridized carbons (Fsp3) is 0.300. The summed E-state index contributed by atoms with van der Waals surface area (Å²) in [5.74, 6) is -1.51. The molecule has 2 heterocycles. The van der Waals surface area contributed by atoms with E-state index in [1.807, 2.05) is 0 Å². The second-order valence-electron chi connectivity index (χ2n) is 7.06. The van der Waals surface area contributed by atoms with Gasteiger partial charge in [-0.05, 0) is 37.8 Å². The molecular weight excluding hydrogens is 383 g/mol. The van der Waals surface area contributed by atoms with Crippen LogP contribution in [-0.2, 0) is 0 Å². The molecule has 6 nitrogen and oxygen atoms in total. The topological polar surface area (TPSA) is 83.1 Å². The van der Waals surface area contributed by atoms with Crippen LogP contribution in [0.1, 0.15) is 34.6 Å². The predicted octanol–water partition coefficient (Wildman–Crippen LogP) is 3.65. The minimum absolute atomic E-state index is 0.141. The van der Waals surface area contributed by atoms with E-state index in [1.54, 1.807) is 37.3 Å². The van der Waals surface area contributed by atoms with Crippen molar-refractivity contribution >= 4 is 11.6 Å². The van der Waals surface area contributed by atoms with Gasteiger partial charge in [0.25, 0.3) is 5.91 Å². The number of nitrogens with one attached hydrogen (secondary N) is 1. The minimum Gasteiger partial charge on any atom is -0.339 e. The summed E-state index contributed by atoms with van der Waals surface area (Å²) in [5, 5.41) is 11.4. The number of nitrogens with zero attached hydrogens (tertiary/aromatic N) is 4. The number of carbonyl (C=O) groups is 1. The van der Waals surface area contributed by atoms with E-state index in [1.165, 1.54) is 10.7 Å². The van der Waals surface area contributed by atoms with E-state index in [-0.39, 0.29) is 11.3 Å². The largest absolute Gasteiger partial charge is 0.408 e. The van der Waals surface area contributed by atoms with Crippen LogP contribution in [0.15, 0.2) is 36.7 Å². The third kappa shape index (κ3) is 3.53. The maximum atomic E-state index is 13.3. The van der Waals surface area contributed by atoms with Gasteiger partial charge in [-0.25, -0.2) is 9.97 Å². The smallest absolute Gasteiger partial charge is 0.339 e. The molecule has 9 heteroatoms. The summed E-state index contributed by atoms with van der Waals surface area (Å²) < 4.78 is 41.4. The Bertz CT molecular complexity index is 1140. The fourth-order valence-corrected chi connectivity index (χ4v) is 3.33. The highest BCUT2D eigenvalue weighted by Crippen LogP contribution is 2.40. The van der Waals surface area contributed by atoms with Crippen LogP contribution in [0.4, 0.5) is 13.2 Å². The Morgan fingerprint density at radius 3 is 2.72 bits per heavy atom. The van der Waals surface area contributed by atoms with Crippen molar-refractivity contribution in [2.24, 2.45) is 5.92 Å². The van der Waals surface area contributed by atoms with Crippen molar-refractivity contribution in [3.05, 3.63) is 53.6 Å². The Morgan fingerprint density at radius 1 is 1.34 bits per heavy atom. The zero-order valence-corrected chi connectivity index (χ0v) is 15.4. The molecular formula is C20H16F3N5O. The van der Waals surface area contributed by atoms with Crippen molar-refractivity contribution < 1.29 is 18.0 Å². The second-order valence-corrected chi connectivity index (χ2v) is 7.06. The second kappa shape index (κ2) is 6.88. The predicted molar refractivity (Wildman–Crippen MR) is 97.9 cm³/mol. The van der Waals surface area contributed by atoms with E-state index in [0.29, 0.717) is 35.4 Å². The van der Waals surface area contributed by atoms with Crippen LogP contribution in [0, 0.1) is 24.2 Å². The van der Waals surface area contributed by atoms with Crippen molar-refractivity contribution in [3.8, 4) is 17.3 Å². The summed E-state index contributed by atoms with van der Waals surface area (Å²) in [6.45, 7) is 1.76. The lowest BCUT2D eigenvalue weighted by atomic mass is 10.0. The zero-order chi connectivity index (χ0) is 20.8. The molecule has 1 fully saturated rings. The molecule has 0 radical (unpaired) electrons. The van der Waals surface area contributed by atoms with Gasteiger partial charge in [0.15, 0.2) is 11.3 Å². The Kier molecular flexibility index (Phi) is 4.49. The van der Waals surface area contributed by atoms with Gasteiger partial charge < -0.3 is 5.32 Å². The quantitative estimate of drug-likeness (QED) is 0.726. The summed E-state index contributed by atoms with van der Waals surface area (Å²) in [5.41, 5.74) is 2.05. The number of hydrogen-bond acceptors (Lipinski definition) is 4. The van der Waals surface area contributed by atoms with Crippen molar-refractivity contribution in [1.82, 2.24) is 19.7 Å². The molecule has 1 aromatic carbocycles. The third-order valence-corrected chi connectivity index (χ3v) is 4.97. The Morgan fingerprint density at radius 2 is 2.07 bits per heavy atom. The number of rotatable bonds is 4. The van der Waals surface area contributed by atoms with Gasteiger partial charge >= 0.3 is 6.18 Å². The van der Waals surface area contributed by atoms with Crippen molar-refractivity contribution in [2.45, 2.75) is 32.0 Å². The number of alkyl halides is 3. The lowest BCUT2D eigenvalue weighted by molar-refractivity contribution is -0.158. The van der Waals surface area contributed by atoms with Crippen molar-refractivity contribution in [2.75, 3.05) is 0 Å². The molecule has 0 spiro atoms. The number of benzene rings is 1. The van der Waals surface area contributed by atoms with Crippen LogP contribution >= 0.6 is 0 Å². The number of aryl methyl sites for hydroxylation is 1. The van der Waals surface area contributed by atoms with Crippen LogP contribution < -0.4 is 5.32 Å². The first-order chi connectivity index (χ1) is 13.8. The summed E-state index contributed by atoms with van der Waals surface area (Å²) in [6.07, 6.45) is -2.30. The zero-order valence-electron chi connectivity index (χ0n) is 15.4. The van der Waals surface area contributed by atoms with Gasteiger partial charge in [0.2, 0.25) is 0 Å². The third-order valence-electron chi connectivity index (χ3n) is 4.97. The molecule has 1 N–H and O–H groups in total. The van der Waals surface area contributed by atoms with E-state index >= 15 is 0 Å². The number of imidazole rings is 1. The molecule has 1 amide bonds. The standard InChI is InChI=1S/C20H16F3N5O/c1-11-8-15(14-5-3-2-4-13(14)9-24)26-18-16(25-10-28(11)18)19(29)27-17(12-6-7-12)20(21,22)23/h2-5,8,10,12,17H,6-7H2,1H3,(H,27,29). The van der Waals surface area contributed by atoms with Gasteiger partial charge in [0.05, 0.1) is 17.3 Å². The van der Waals surface area contributed by atoms with Gasteiger partial charge in [0, 0.05) is 11.3 Å². The number of hydrogen-bond donors (Lipinski definition) is 1. The molecule has 4 rings (SSSR count). The van der Waals surface area contributed by atoms with Gasteiger partial charge in [-0.1, -0.05) is 18.2 Å². The van der Waals surface area contributed by atoms with E-state index in [0.717, 1.165) is 0 Å². The summed E-state index contributed by atoms with van der Waals surface area (Å²) in [6, 6.07) is 8.77. The van der Waals surface area contributed by atoms with Gasteiger partial charge in [-0.3, -0.25) is 9.20 Å². The number of nitriles is 1. The monoisotopic (exact) mass is 399 g/mol. The first-order valence-electron chi connectivity index (χ1n) is 9.01. The maximum Gasteiger partial charge on any atom is 0.408 e. The molecule has 3 aromatic rings. The van der Waals surface area contributed by atoms with Crippen LogP contribution in [-0.4, -0.2) is 32.5 Å². The van der Waals surface area contributed by atoms with Gasteiger partial charge in [-0.15, -0.1) is 0 Å². The summed E-state index contributed by atoms with van der Waals surface area (Å²) in [4.78, 5) is 21.0. The van der Waals surface area contributed by atoms with Gasteiger partial charge in [-0.2, -0.15) is 18.4 Å². The summed E-state index contributed by atoms with van der Waals surface area (Å²) in [7, 11) is 0. The molecule has 1 aliphatic carbocycles. The number of fused-ring (bicyclic) bond motifs is 1. The normalized spacial score (nSPS) is 15.1. The SMILES string of the molecule is Cc1cc(-c2ccccc2C#N)nc2c(C(=O)NC(C3CC3)C(F)(F)F)ncn12. The molecule has 1 aliphatic rings. The average molecular weight is 399 g/mol. The molecule has 0 aliphatic heterocycles. The first kappa shape index (κ1) is 18.9.